The lowest BCUT2D eigenvalue weighted by Crippen LogP contribution is -2.42. The minimum absolute atomic E-state index is 0.142. The molecule has 0 N–H and O–H groups in total. The maximum atomic E-state index is 12.1. The van der Waals surface area contributed by atoms with Gasteiger partial charge in [-0.3, -0.25) is 9.59 Å². The van der Waals surface area contributed by atoms with Crippen LogP contribution >= 0.6 is 11.6 Å². The van der Waals surface area contributed by atoms with Crippen LogP contribution in [0, 0.1) is 0 Å². The molecule has 1 aliphatic rings. The van der Waals surface area contributed by atoms with Gasteiger partial charge in [-0.05, 0) is 23.8 Å². The van der Waals surface area contributed by atoms with E-state index in [2.05, 4.69) is 4.98 Å². The Balaban J connectivity index is 2.16. The topological polar surface area (TPSA) is 55.2 Å². The molecule has 1 aliphatic heterocycles. The first-order chi connectivity index (χ1) is 9.56. The zero-order chi connectivity index (χ0) is 14.3. The Hall–Kier alpha value is -2.14. The maximum absolute atomic E-state index is 12.1. The average molecular weight is 290 g/mol. The standard InChI is InChI=1S/C14H12ClN3O2/c1-17-4-5-18-11(14(17)20)6-10(7-13(18)19)9-2-3-12(15)16-8-9/h2-3,6-8H,4-5H2,1H3. The fourth-order valence-electron chi connectivity index (χ4n) is 2.26. The van der Waals surface area contributed by atoms with E-state index >= 15 is 0 Å². The van der Waals surface area contributed by atoms with Crippen molar-refractivity contribution >= 4 is 17.5 Å². The van der Waals surface area contributed by atoms with Gasteiger partial charge in [0.15, 0.2) is 0 Å². The van der Waals surface area contributed by atoms with Crippen molar-refractivity contribution in [1.29, 1.82) is 0 Å². The molecule has 5 nitrogen and oxygen atoms in total. The smallest absolute Gasteiger partial charge is 0.270 e. The van der Waals surface area contributed by atoms with Crippen LogP contribution in [0.5, 0.6) is 0 Å². The lowest BCUT2D eigenvalue weighted by molar-refractivity contribution is 0.0745. The Morgan fingerprint density at radius 1 is 1.15 bits per heavy atom. The van der Waals surface area contributed by atoms with Gasteiger partial charge in [-0.15, -0.1) is 0 Å². The quantitative estimate of drug-likeness (QED) is 0.750. The van der Waals surface area contributed by atoms with Crippen LogP contribution < -0.4 is 5.56 Å². The Kier molecular flexibility index (Phi) is 3.06. The summed E-state index contributed by atoms with van der Waals surface area (Å²) in [5.41, 5.74) is 1.68. The molecule has 0 atom stereocenters. The van der Waals surface area contributed by atoms with Crippen molar-refractivity contribution in [3.63, 3.8) is 0 Å². The summed E-state index contributed by atoms with van der Waals surface area (Å²) in [6.07, 6.45) is 1.59. The van der Waals surface area contributed by atoms with Gasteiger partial charge in [0.1, 0.15) is 10.8 Å². The fourth-order valence-corrected chi connectivity index (χ4v) is 2.38. The lowest BCUT2D eigenvalue weighted by atomic mass is 10.1. The molecule has 0 radical (unpaired) electrons. The lowest BCUT2D eigenvalue weighted by Gasteiger charge is -2.26. The summed E-state index contributed by atoms with van der Waals surface area (Å²) in [7, 11) is 1.73. The number of likely N-dealkylation sites (N-methyl/N-ethyl adjacent to an activating group) is 1. The second-order valence-corrected chi connectivity index (χ2v) is 5.10. The van der Waals surface area contributed by atoms with Crippen LogP contribution in [0.4, 0.5) is 0 Å². The first kappa shape index (κ1) is 12.9. The number of amides is 1. The van der Waals surface area contributed by atoms with Gasteiger partial charge in [-0.2, -0.15) is 0 Å². The monoisotopic (exact) mass is 289 g/mol. The molecule has 3 heterocycles. The van der Waals surface area contributed by atoms with E-state index in [1.807, 2.05) is 0 Å². The SMILES string of the molecule is CN1CCn2c(cc(-c3ccc(Cl)nc3)cc2=O)C1=O. The molecular weight excluding hydrogens is 278 g/mol. The molecule has 0 aromatic carbocycles. The number of aromatic nitrogens is 2. The fraction of sp³-hybridized carbons (Fsp3) is 0.214. The summed E-state index contributed by atoms with van der Waals surface area (Å²) in [5.74, 6) is -0.142. The zero-order valence-electron chi connectivity index (χ0n) is 10.8. The molecule has 0 aliphatic carbocycles. The molecule has 6 heteroatoms. The number of pyridine rings is 2. The van der Waals surface area contributed by atoms with Gasteiger partial charge in [0.05, 0.1) is 0 Å². The number of carbonyl (C=O) groups excluding carboxylic acids is 1. The van der Waals surface area contributed by atoms with Crippen molar-refractivity contribution < 1.29 is 4.79 Å². The molecule has 0 spiro atoms. The third-order valence-corrected chi connectivity index (χ3v) is 3.64. The molecule has 102 valence electrons. The molecule has 20 heavy (non-hydrogen) atoms. The average Bonchev–Trinajstić information content (AvgIpc) is 2.44. The van der Waals surface area contributed by atoms with E-state index in [9.17, 15) is 9.59 Å². The second-order valence-electron chi connectivity index (χ2n) is 4.72. The summed E-state index contributed by atoms with van der Waals surface area (Å²) in [6, 6.07) is 6.68. The van der Waals surface area contributed by atoms with Crippen molar-refractivity contribution in [2.45, 2.75) is 6.54 Å². The van der Waals surface area contributed by atoms with Gasteiger partial charge >= 0.3 is 0 Å². The van der Waals surface area contributed by atoms with Crippen molar-refractivity contribution in [2.24, 2.45) is 0 Å². The molecular formula is C14H12ClN3O2. The molecule has 0 fully saturated rings. The number of rotatable bonds is 1. The number of hydrogen-bond donors (Lipinski definition) is 0. The molecule has 0 bridgehead atoms. The van der Waals surface area contributed by atoms with E-state index in [0.29, 0.717) is 29.5 Å². The minimum atomic E-state index is -0.172. The highest BCUT2D eigenvalue weighted by Crippen LogP contribution is 2.21. The van der Waals surface area contributed by atoms with Gasteiger partial charge in [-0.25, -0.2) is 4.98 Å². The highest BCUT2D eigenvalue weighted by Gasteiger charge is 2.23. The first-order valence-electron chi connectivity index (χ1n) is 6.18. The highest BCUT2D eigenvalue weighted by molar-refractivity contribution is 6.29. The summed E-state index contributed by atoms with van der Waals surface area (Å²) in [5, 5.41) is 0.388. The first-order valence-corrected chi connectivity index (χ1v) is 6.56. The van der Waals surface area contributed by atoms with E-state index in [1.165, 1.54) is 10.6 Å². The zero-order valence-corrected chi connectivity index (χ0v) is 11.6. The van der Waals surface area contributed by atoms with Crippen LogP contribution in [-0.4, -0.2) is 34.0 Å². The summed E-state index contributed by atoms with van der Waals surface area (Å²) in [4.78, 5) is 29.9. The number of halogens is 1. The molecule has 0 unspecified atom stereocenters. The van der Waals surface area contributed by atoms with Crippen LogP contribution in [0.1, 0.15) is 10.5 Å². The maximum Gasteiger partial charge on any atom is 0.270 e. The molecule has 1 amide bonds. The summed E-state index contributed by atoms with van der Waals surface area (Å²) in [6.45, 7) is 1.07. The summed E-state index contributed by atoms with van der Waals surface area (Å²) < 4.78 is 1.51. The third-order valence-electron chi connectivity index (χ3n) is 3.41. The molecule has 2 aromatic rings. The van der Waals surface area contributed by atoms with Crippen molar-refractivity contribution in [2.75, 3.05) is 13.6 Å². The van der Waals surface area contributed by atoms with Crippen LogP contribution in [-0.2, 0) is 6.54 Å². The molecule has 0 saturated carbocycles. The predicted molar refractivity (Wildman–Crippen MR) is 75.9 cm³/mol. The van der Waals surface area contributed by atoms with Crippen LogP contribution in [0.15, 0.2) is 35.3 Å². The van der Waals surface area contributed by atoms with Gasteiger partial charge in [0.25, 0.3) is 11.5 Å². The van der Waals surface area contributed by atoms with E-state index in [4.69, 9.17) is 11.6 Å². The van der Waals surface area contributed by atoms with Crippen LogP contribution in [0.25, 0.3) is 11.1 Å². The molecule has 2 aromatic heterocycles. The van der Waals surface area contributed by atoms with Gasteiger partial charge in [0.2, 0.25) is 0 Å². The number of fused-ring (bicyclic) bond motifs is 1. The van der Waals surface area contributed by atoms with Gasteiger partial charge in [-0.1, -0.05) is 11.6 Å². The van der Waals surface area contributed by atoms with Crippen molar-refractivity contribution in [3.8, 4) is 11.1 Å². The van der Waals surface area contributed by atoms with E-state index in [0.717, 1.165) is 5.56 Å². The largest absolute Gasteiger partial charge is 0.339 e. The Morgan fingerprint density at radius 2 is 1.95 bits per heavy atom. The summed E-state index contributed by atoms with van der Waals surface area (Å²) >= 11 is 5.75. The van der Waals surface area contributed by atoms with E-state index < -0.39 is 0 Å². The Bertz CT molecular complexity index is 737. The number of hydrogen-bond acceptors (Lipinski definition) is 3. The van der Waals surface area contributed by atoms with Crippen LogP contribution in [0.2, 0.25) is 5.15 Å². The van der Waals surface area contributed by atoms with Gasteiger partial charge in [0, 0.05) is 38.0 Å². The highest BCUT2D eigenvalue weighted by atomic mass is 35.5. The number of nitrogens with zero attached hydrogens (tertiary/aromatic N) is 3. The second kappa shape index (κ2) is 4.76. The Morgan fingerprint density at radius 3 is 2.65 bits per heavy atom. The van der Waals surface area contributed by atoms with Crippen molar-refractivity contribution in [1.82, 2.24) is 14.5 Å². The van der Waals surface area contributed by atoms with E-state index in [1.54, 1.807) is 36.3 Å². The molecule has 3 rings (SSSR count). The number of carbonyl (C=O) groups is 1. The minimum Gasteiger partial charge on any atom is -0.339 e. The van der Waals surface area contributed by atoms with E-state index in [-0.39, 0.29) is 11.5 Å². The van der Waals surface area contributed by atoms with Crippen molar-refractivity contribution in [3.05, 3.63) is 51.7 Å². The van der Waals surface area contributed by atoms with Gasteiger partial charge < -0.3 is 9.47 Å². The van der Waals surface area contributed by atoms with Crippen LogP contribution in [0.3, 0.4) is 0 Å². The molecule has 0 saturated heterocycles. The Labute approximate surface area is 120 Å². The normalized spacial score (nSPS) is 14.3. The third kappa shape index (κ3) is 2.10. The predicted octanol–water partition coefficient (Wildman–Crippen LogP) is 1.65.